The van der Waals surface area contributed by atoms with Crippen molar-refractivity contribution < 1.29 is 18.7 Å². The number of thiazole rings is 1. The number of ether oxygens (including phenoxy) is 1. The average Bonchev–Trinajstić information content (AvgIpc) is 2.91. The number of hydrogen-bond donors (Lipinski definition) is 0. The van der Waals surface area contributed by atoms with E-state index in [-0.39, 0.29) is 12.1 Å². The van der Waals surface area contributed by atoms with Crippen LogP contribution in [0.3, 0.4) is 0 Å². The number of fused-ring (bicyclic) bond motifs is 1. The van der Waals surface area contributed by atoms with E-state index in [0.717, 1.165) is 21.8 Å². The summed E-state index contributed by atoms with van der Waals surface area (Å²) in [7, 11) is 1.30. The molecule has 0 bridgehead atoms. The predicted octanol–water partition coefficient (Wildman–Crippen LogP) is 3.06. The van der Waals surface area contributed by atoms with E-state index in [1.807, 2.05) is 25.1 Å². The number of methoxy groups -OCH3 is 1. The van der Waals surface area contributed by atoms with Gasteiger partial charge in [0.2, 0.25) is 0 Å². The molecule has 0 spiro atoms. The number of carbonyl (C=O) groups excluding carboxylic acids is 2. The van der Waals surface area contributed by atoms with Crippen molar-refractivity contribution in [2.45, 2.75) is 13.5 Å². The van der Waals surface area contributed by atoms with Gasteiger partial charge in [-0.25, -0.2) is 4.39 Å². The summed E-state index contributed by atoms with van der Waals surface area (Å²) in [5.74, 6) is -1.52. The monoisotopic (exact) mass is 358 g/mol. The van der Waals surface area contributed by atoms with E-state index in [1.54, 1.807) is 4.57 Å². The van der Waals surface area contributed by atoms with Gasteiger partial charge in [0.15, 0.2) is 4.80 Å². The Morgan fingerprint density at radius 1 is 1.24 bits per heavy atom. The number of carbonyl (C=O) groups is 2. The smallest absolute Gasteiger partial charge is 0.325 e. The summed E-state index contributed by atoms with van der Waals surface area (Å²) in [5.41, 5.74) is 1.99. The van der Waals surface area contributed by atoms with Crippen LogP contribution in [0, 0.1) is 12.7 Å². The fourth-order valence-corrected chi connectivity index (χ4v) is 3.51. The number of aromatic nitrogens is 1. The number of hydrogen-bond acceptors (Lipinski definition) is 4. The van der Waals surface area contributed by atoms with Gasteiger partial charge in [-0.15, -0.1) is 0 Å². The Hall–Kier alpha value is -2.80. The van der Waals surface area contributed by atoms with Crippen molar-refractivity contribution in [3.05, 3.63) is 64.2 Å². The molecule has 25 heavy (non-hydrogen) atoms. The fourth-order valence-electron chi connectivity index (χ4n) is 2.39. The van der Waals surface area contributed by atoms with Gasteiger partial charge >= 0.3 is 5.97 Å². The van der Waals surface area contributed by atoms with Crippen molar-refractivity contribution in [1.29, 1.82) is 0 Å². The van der Waals surface area contributed by atoms with Crippen molar-refractivity contribution in [1.82, 2.24) is 4.57 Å². The van der Waals surface area contributed by atoms with Gasteiger partial charge in [-0.1, -0.05) is 23.5 Å². The highest BCUT2D eigenvalue weighted by molar-refractivity contribution is 7.16. The maximum absolute atomic E-state index is 13.3. The van der Waals surface area contributed by atoms with Crippen LogP contribution >= 0.6 is 11.3 Å². The molecule has 0 aliphatic heterocycles. The summed E-state index contributed by atoms with van der Waals surface area (Å²) in [6, 6.07) is 11.1. The molecule has 1 amide bonds. The highest BCUT2D eigenvalue weighted by atomic mass is 32.1. The van der Waals surface area contributed by atoms with Gasteiger partial charge in [0.05, 0.1) is 17.3 Å². The fraction of sp³-hybridized carbons (Fsp3) is 0.167. The number of nitrogens with zero attached hydrogens (tertiary/aromatic N) is 2. The van der Waals surface area contributed by atoms with Crippen molar-refractivity contribution >= 4 is 33.4 Å². The highest BCUT2D eigenvalue weighted by Crippen LogP contribution is 2.19. The second kappa shape index (κ2) is 6.98. The summed E-state index contributed by atoms with van der Waals surface area (Å²) in [4.78, 5) is 28.5. The summed E-state index contributed by atoms with van der Waals surface area (Å²) in [6.07, 6.45) is 0. The Balaban J connectivity index is 2.15. The maximum Gasteiger partial charge on any atom is 0.325 e. The number of aryl methyl sites for hydroxylation is 1. The zero-order chi connectivity index (χ0) is 18.0. The van der Waals surface area contributed by atoms with Crippen LogP contribution in [0.2, 0.25) is 0 Å². The van der Waals surface area contributed by atoms with E-state index in [2.05, 4.69) is 4.99 Å². The molecule has 7 heteroatoms. The lowest BCUT2D eigenvalue weighted by atomic mass is 10.2. The van der Waals surface area contributed by atoms with Gasteiger partial charge in [0.25, 0.3) is 5.91 Å². The Morgan fingerprint density at radius 2 is 2.04 bits per heavy atom. The lowest BCUT2D eigenvalue weighted by Crippen LogP contribution is -2.22. The SMILES string of the molecule is COC(=O)Cn1c(=NC(=O)c2cccc(F)c2)sc2cc(C)ccc21. The minimum Gasteiger partial charge on any atom is -0.468 e. The number of rotatable bonds is 3. The summed E-state index contributed by atoms with van der Waals surface area (Å²) in [6.45, 7) is 1.90. The first-order valence-electron chi connectivity index (χ1n) is 7.49. The van der Waals surface area contributed by atoms with Gasteiger partial charge in [-0.3, -0.25) is 9.59 Å². The Labute approximate surface area is 147 Å². The van der Waals surface area contributed by atoms with Crippen LogP contribution in [0.5, 0.6) is 0 Å². The van der Waals surface area contributed by atoms with E-state index in [1.165, 1.54) is 36.6 Å². The van der Waals surface area contributed by atoms with Crippen LogP contribution in [0.15, 0.2) is 47.5 Å². The van der Waals surface area contributed by atoms with E-state index in [0.29, 0.717) is 4.80 Å². The van der Waals surface area contributed by atoms with Crippen molar-refractivity contribution in [3.8, 4) is 0 Å². The molecule has 0 fully saturated rings. The number of amides is 1. The molecule has 0 saturated heterocycles. The zero-order valence-electron chi connectivity index (χ0n) is 13.7. The van der Waals surface area contributed by atoms with Crippen LogP contribution in [0.1, 0.15) is 15.9 Å². The Kier molecular flexibility index (Phi) is 4.76. The molecule has 0 aliphatic rings. The summed E-state index contributed by atoms with van der Waals surface area (Å²) >= 11 is 1.29. The molecule has 5 nitrogen and oxygen atoms in total. The number of esters is 1. The number of halogens is 1. The molecular weight excluding hydrogens is 343 g/mol. The van der Waals surface area contributed by atoms with E-state index in [9.17, 15) is 14.0 Å². The molecule has 0 saturated carbocycles. The van der Waals surface area contributed by atoms with Crippen LogP contribution in [0.25, 0.3) is 10.2 Å². The highest BCUT2D eigenvalue weighted by Gasteiger charge is 2.13. The molecular formula is C18H15FN2O3S. The van der Waals surface area contributed by atoms with Crippen molar-refractivity contribution in [2.24, 2.45) is 4.99 Å². The molecule has 0 atom stereocenters. The third-order valence-corrected chi connectivity index (χ3v) is 4.66. The van der Waals surface area contributed by atoms with Gasteiger partial charge in [-0.05, 0) is 42.8 Å². The van der Waals surface area contributed by atoms with E-state index < -0.39 is 17.7 Å². The van der Waals surface area contributed by atoms with Gasteiger partial charge in [-0.2, -0.15) is 4.99 Å². The Morgan fingerprint density at radius 3 is 2.76 bits per heavy atom. The van der Waals surface area contributed by atoms with Gasteiger partial charge in [0.1, 0.15) is 12.4 Å². The van der Waals surface area contributed by atoms with Crippen molar-refractivity contribution in [2.75, 3.05) is 7.11 Å². The molecule has 3 aromatic rings. The molecule has 0 radical (unpaired) electrons. The zero-order valence-corrected chi connectivity index (χ0v) is 14.5. The minimum absolute atomic E-state index is 0.0607. The van der Waals surface area contributed by atoms with Crippen LogP contribution in [-0.4, -0.2) is 23.6 Å². The third-order valence-electron chi connectivity index (χ3n) is 3.62. The van der Waals surface area contributed by atoms with E-state index in [4.69, 9.17) is 4.74 Å². The first kappa shape index (κ1) is 17.0. The van der Waals surface area contributed by atoms with E-state index >= 15 is 0 Å². The number of benzene rings is 2. The average molecular weight is 358 g/mol. The normalized spacial score (nSPS) is 11.7. The predicted molar refractivity (Wildman–Crippen MR) is 92.9 cm³/mol. The standard InChI is InChI=1S/C18H15FN2O3S/c1-11-6-7-14-15(8-11)25-18(21(14)10-16(22)24-2)20-17(23)12-4-3-5-13(19)9-12/h3-9H,10H2,1-2H3. The van der Waals surface area contributed by atoms with Crippen LogP contribution in [0.4, 0.5) is 4.39 Å². The molecule has 2 aromatic carbocycles. The minimum atomic E-state index is -0.568. The lowest BCUT2D eigenvalue weighted by Gasteiger charge is -2.03. The summed E-state index contributed by atoms with van der Waals surface area (Å²) in [5, 5.41) is 0. The largest absolute Gasteiger partial charge is 0.468 e. The van der Waals surface area contributed by atoms with Crippen LogP contribution < -0.4 is 4.80 Å². The lowest BCUT2D eigenvalue weighted by molar-refractivity contribution is -0.141. The first-order valence-corrected chi connectivity index (χ1v) is 8.31. The molecule has 3 rings (SSSR count). The third kappa shape index (κ3) is 3.66. The molecule has 0 unspecified atom stereocenters. The molecule has 0 aliphatic carbocycles. The van der Waals surface area contributed by atoms with Crippen LogP contribution in [-0.2, 0) is 16.1 Å². The second-order valence-electron chi connectivity index (χ2n) is 5.45. The quantitative estimate of drug-likeness (QED) is 0.676. The van der Waals surface area contributed by atoms with Crippen molar-refractivity contribution in [3.63, 3.8) is 0 Å². The topological polar surface area (TPSA) is 60.7 Å². The van der Waals surface area contributed by atoms with Gasteiger partial charge in [0, 0.05) is 5.56 Å². The molecule has 1 aromatic heterocycles. The molecule has 0 N–H and O–H groups in total. The first-order chi connectivity index (χ1) is 12.0. The molecule has 128 valence electrons. The second-order valence-corrected chi connectivity index (χ2v) is 6.45. The Bertz CT molecular complexity index is 1040. The molecule has 1 heterocycles. The maximum atomic E-state index is 13.3. The summed E-state index contributed by atoms with van der Waals surface area (Å²) < 4.78 is 20.6. The van der Waals surface area contributed by atoms with Gasteiger partial charge < -0.3 is 9.30 Å².